The first-order valence-corrected chi connectivity index (χ1v) is 8.48. The van der Waals surface area contributed by atoms with Crippen molar-refractivity contribution in [1.29, 1.82) is 0 Å². The first-order valence-electron chi connectivity index (χ1n) is 7.49. The molecule has 1 aliphatic rings. The fourth-order valence-corrected chi connectivity index (χ4v) is 2.99. The minimum atomic E-state index is -0.425. The maximum atomic E-state index is 11.8. The van der Waals surface area contributed by atoms with E-state index < -0.39 is 6.03 Å². The van der Waals surface area contributed by atoms with E-state index in [1.807, 2.05) is 31.2 Å². The van der Waals surface area contributed by atoms with E-state index in [2.05, 4.69) is 27.5 Å². The third kappa shape index (κ3) is 3.98. The van der Waals surface area contributed by atoms with E-state index in [0.717, 1.165) is 23.1 Å². The van der Waals surface area contributed by atoms with Crippen molar-refractivity contribution in [2.45, 2.75) is 31.3 Å². The van der Waals surface area contributed by atoms with E-state index in [1.165, 1.54) is 11.8 Å². The first-order chi connectivity index (χ1) is 11.0. The van der Waals surface area contributed by atoms with Crippen LogP contribution in [0.5, 0.6) is 0 Å². The second-order valence-corrected chi connectivity index (χ2v) is 6.70. The highest BCUT2D eigenvalue weighted by atomic mass is 32.2. The molecule has 0 radical (unpaired) electrons. The summed E-state index contributed by atoms with van der Waals surface area (Å²) in [4.78, 5) is 32.5. The van der Waals surface area contributed by atoms with Crippen molar-refractivity contribution in [3.05, 3.63) is 30.0 Å². The maximum Gasteiger partial charge on any atom is 0.321 e. The van der Waals surface area contributed by atoms with E-state index in [1.54, 1.807) is 0 Å². The number of hydrogen-bond donors (Lipinski definition) is 2. The normalized spacial score (nSPS) is 19.4. The van der Waals surface area contributed by atoms with E-state index in [9.17, 15) is 9.59 Å². The summed E-state index contributed by atoms with van der Waals surface area (Å²) in [5.74, 6) is 0.289. The summed E-state index contributed by atoms with van der Waals surface area (Å²) in [5.41, 5.74) is 2.40. The van der Waals surface area contributed by atoms with Gasteiger partial charge in [0.25, 0.3) is 0 Å². The first kappa shape index (κ1) is 15.7. The Hall–Kier alpha value is -2.15. The number of para-hydroxylation sites is 2. The summed E-state index contributed by atoms with van der Waals surface area (Å²) in [5, 5.41) is 5.80. The van der Waals surface area contributed by atoms with Gasteiger partial charge in [0, 0.05) is 6.04 Å². The largest absolute Gasteiger partial charge is 0.335 e. The third-order valence-electron chi connectivity index (χ3n) is 3.72. The zero-order valence-electron chi connectivity index (χ0n) is 13.0. The number of nitrogens with zero attached hydrogens (tertiary/aromatic N) is 2. The molecule has 2 aromatic rings. The summed E-state index contributed by atoms with van der Waals surface area (Å²) in [6, 6.07) is 7.37. The van der Waals surface area contributed by atoms with Gasteiger partial charge in [-0.1, -0.05) is 30.8 Å². The number of aryl methyl sites for hydroxylation is 1. The molecule has 0 aliphatic heterocycles. The number of carbonyl (C=O) groups is 2. The van der Waals surface area contributed by atoms with Gasteiger partial charge in [0.15, 0.2) is 0 Å². The van der Waals surface area contributed by atoms with Crippen LogP contribution in [0.4, 0.5) is 4.79 Å². The van der Waals surface area contributed by atoms with Crippen LogP contribution >= 0.6 is 11.8 Å². The van der Waals surface area contributed by atoms with Crippen LogP contribution < -0.4 is 10.6 Å². The maximum absolute atomic E-state index is 11.8. The Morgan fingerprint density at radius 3 is 2.57 bits per heavy atom. The fraction of sp³-hybridized carbons (Fsp3) is 0.375. The van der Waals surface area contributed by atoms with Crippen molar-refractivity contribution < 1.29 is 9.59 Å². The Bertz CT molecular complexity index is 765. The van der Waals surface area contributed by atoms with Gasteiger partial charge in [-0.2, -0.15) is 0 Å². The lowest BCUT2D eigenvalue weighted by atomic mass is 10.3. The lowest BCUT2D eigenvalue weighted by Crippen LogP contribution is -2.41. The van der Waals surface area contributed by atoms with Crippen molar-refractivity contribution >= 4 is 34.7 Å². The van der Waals surface area contributed by atoms with Crippen LogP contribution in [0, 0.1) is 12.8 Å². The molecule has 120 valence electrons. The molecule has 3 rings (SSSR count). The molecule has 0 spiro atoms. The minimum Gasteiger partial charge on any atom is -0.335 e. The molecule has 7 heteroatoms. The van der Waals surface area contributed by atoms with Crippen molar-refractivity contribution in [1.82, 2.24) is 20.6 Å². The van der Waals surface area contributed by atoms with Gasteiger partial charge >= 0.3 is 6.03 Å². The summed E-state index contributed by atoms with van der Waals surface area (Å²) in [6.45, 7) is 3.92. The summed E-state index contributed by atoms with van der Waals surface area (Å²) >= 11 is 1.28. The molecule has 0 bridgehead atoms. The van der Waals surface area contributed by atoms with E-state index in [0.29, 0.717) is 10.9 Å². The molecule has 1 saturated carbocycles. The van der Waals surface area contributed by atoms with Crippen molar-refractivity contribution in [3.8, 4) is 0 Å². The molecular formula is C16H18N4O2S. The van der Waals surface area contributed by atoms with E-state index in [4.69, 9.17) is 0 Å². The molecule has 3 amide bonds. The number of benzene rings is 1. The zero-order valence-corrected chi connectivity index (χ0v) is 13.8. The van der Waals surface area contributed by atoms with Gasteiger partial charge in [-0.15, -0.1) is 0 Å². The van der Waals surface area contributed by atoms with Crippen molar-refractivity contribution in [3.63, 3.8) is 0 Å². The molecule has 2 N–H and O–H groups in total. The SMILES string of the molecule is Cc1nc2ccccc2nc1SCC(=O)NC(=O)NC1CC1C. The van der Waals surface area contributed by atoms with E-state index in [-0.39, 0.29) is 17.7 Å². The summed E-state index contributed by atoms with van der Waals surface area (Å²) < 4.78 is 0. The van der Waals surface area contributed by atoms with Gasteiger partial charge < -0.3 is 5.32 Å². The van der Waals surface area contributed by atoms with Gasteiger partial charge in [-0.05, 0) is 31.4 Å². The molecule has 1 aliphatic carbocycles. The Kier molecular flexibility index (Phi) is 4.47. The van der Waals surface area contributed by atoms with Gasteiger partial charge in [-0.3, -0.25) is 10.1 Å². The smallest absolute Gasteiger partial charge is 0.321 e. The Balaban J connectivity index is 1.56. The Labute approximate surface area is 138 Å². The monoisotopic (exact) mass is 330 g/mol. The fourth-order valence-electron chi connectivity index (χ4n) is 2.23. The highest BCUT2D eigenvalue weighted by Crippen LogP contribution is 2.28. The highest BCUT2D eigenvalue weighted by molar-refractivity contribution is 7.99. The molecule has 1 fully saturated rings. The van der Waals surface area contributed by atoms with Crippen molar-refractivity contribution in [2.24, 2.45) is 5.92 Å². The van der Waals surface area contributed by atoms with Crippen LogP contribution in [0.15, 0.2) is 29.3 Å². The van der Waals surface area contributed by atoms with Gasteiger partial charge in [0.05, 0.1) is 22.5 Å². The van der Waals surface area contributed by atoms with Gasteiger partial charge in [0.1, 0.15) is 5.03 Å². The van der Waals surface area contributed by atoms with Crippen LogP contribution in [0.1, 0.15) is 19.0 Å². The number of amides is 3. The second-order valence-electron chi connectivity index (χ2n) is 5.73. The molecule has 23 heavy (non-hydrogen) atoms. The molecule has 2 unspecified atom stereocenters. The topological polar surface area (TPSA) is 84.0 Å². The van der Waals surface area contributed by atoms with E-state index >= 15 is 0 Å². The van der Waals surface area contributed by atoms with Crippen LogP contribution in [0.2, 0.25) is 0 Å². The average Bonchev–Trinajstić information content (AvgIpc) is 3.19. The number of nitrogens with one attached hydrogen (secondary N) is 2. The second kappa shape index (κ2) is 6.54. The lowest BCUT2D eigenvalue weighted by Gasteiger charge is -2.07. The number of thioether (sulfide) groups is 1. The number of carbonyl (C=O) groups excluding carboxylic acids is 2. The molecule has 1 heterocycles. The van der Waals surface area contributed by atoms with Crippen molar-refractivity contribution in [2.75, 3.05) is 5.75 Å². The van der Waals surface area contributed by atoms with Crippen LogP contribution in [0.25, 0.3) is 11.0 Å². The molecule has 1 aromatic heterocycles. The predicted molar refractivity (Wildman–Crippen MR) is 89.2 cm³/mol. The van der Waals surface area contributed by atoms with Gasteiger partial charge in [-0.25, -0.2) is 14.8 Å². The summed E-state index contributed by atoms with van der Waals surface area (Å²) in [7, 11) is 0. The number of hydrogen-bond acceptors (Lipinski definition) is 5. The Morgan fingerprint density at radius 1 is 1.26 bits per heavy atom. The molecular weight excluding hydrogens is 312 g/mol. The number of urea groups is 1. The summed E-state index contributed by atoms with van der Waals surface area (Å²) in [6.07, 6.45) is 0.974. The predicted octanol–water partition coefficient (Wildman–Crippen LogP) is 2.26. The lowest BCUT2D eigenvalue weighted by molar-refractivity contribution is -0.117. The molecule has 1 aromatic carbocycles. The standard InChI is InChI=1S/C16H18N4O2S/c1-9-7-13(9)19-16(22)20-14(21)8-23-15-10(2)17-11-5-3-4-6-12(11)18-15/h3-6,9,13H,7-8H2,1-2H3,(H2,19,20,21,22). The average molecular weight is 330 g/mol. The van der Waals surface area contributed by atoms with Crippen LogP contribution in [-0.4, -0.2) is 33.7 Å². The molecule has 0 saturated heterocycles. The third-order valence-corrected chi connectivity index (χ3v) is 4.79. The quantitative estimate of drug-likeness (QED) is 0.840. The minimum absolute atomic E-state index is 0.126. The number of imide groups is 1. The van der Waals surface area contributed by atoms with Crippen LogP contribution in [-0.2, 0) is 4.79 Å². The number of rotatable bonds is 4. The number of aromatic nitrogens is 2. The molecule has 6 nitrogen and oxygen atoms in total. The zero-order chi connectivity index (χ0) is 16.4. The van der Waals surface area contributed by atoms with Crippen LogP contribution in [0.3, 0.4) is 0 Å². The Morgan fingerprint density at radius 2 is 1.91 bits per heavy atom. The highest BCUT2D eigenvalue weighted by Gasteiger charge is 2.34. The van der Waals surface area contributed by atoms with Gasteiger partial charge in [0.2, 0.25) is 5.91 Å². The number of fused-ring (bicyclic) bond motifs is 1. The molecule has 2 atom stereocenters.